The van der Waals surface area contributed by atoms with Gasteiger partial charge in [-0.05, 0) is 30.6 Å². The molecule has 1 amide bonds. The number of hydrogen-bond donors (Lipinski definition) is 0. The minimum atomic E-state index is 0.0416. The van der Waals surface area contributed by atoms with Crippen LogP contribution in [0.25, 0.3) is 0 Å². The van der Waals surface area contributed by atoms with Gasteiger partial charge in [-0.3, -0.25) is 9.59 Å². The first-order valence-corrected chi connectivity index (χ1v) is 6.18. The van der Waals surface area contributed by atoms with Gasteiger partial charge < -0.3 is 4.90 Å². The van der Waals surface area contributed by atoms with Crippen LogP contribution < -0.4 is 0 Å². The molecular weight excluding hydrogens is 202 g/mol. The van der Waals surface area contributed by atoms with Crippen molar-refractivity contribution < 1.29 is 9.59 Å². The summed E-state index contributed by atoms with van der Waals surface area (Å²) in [6.07, 6.45) is 3.45. The lowest BCUT2D eigenvalue weighted by molar-refractivity contribution is -0.131. The summed E-state index contributed by atoms with van der Waals surface area (Å²) < 4.78 is 0. The molecule has 1 saturated carbocycles. The molecule has 3 heteroatoms. The van der Waals surface area contributed by atoms with Gasteiger partial charge in [0.05, 0.1) is 13.0 Å². The van der Waals surface area contributed by atoms with Crippen LogP contribution in [0.15, 0.2) is 0 Å². The molecule has 16 heavy (non-hydrogen) atoms. The molecule has 90 valence electrons. The molecule has 2 rings (SSSR count). The average molecular weight is 223 g/mol. The highest BCUT2D eigenvalue weighted by molar-refractivity contribution is 6.05. The lowest BCUT2D eigenvalue weighted by atomic mass is 9.70. The molecule has 0 radical (unpaired) electrons. The largest absolute Gasteiger partial charge is 0.332 e. The summed E-state index contributed by atoms with van der Waals surface area (Å²) in [5.41, 5.74) is 0.300. The van der Waals surface area contributed by atoms with Crippen molar-refractivity contribution in [3.05, 3.63) is 0 Å². The Hall–Kier alpha value is -0.860. The molecule has 0 aromatic heterocycles. The molecule has 2 atom stereocenters. The Bertz CT molecular complexity index is 322. The molecule has 0 bridgehead atoms. The minimum absolute atomic E-state index is 0.0416. The summed E-state index contributed by atoms with van der Waals surface area (Å²) >= 11 is 0. The zero-order chi connectivity index (χ0) is 11.9. The fraction of sp³-hybridized carbons (Fsp3) is 0.846. The van der Waals surface area contributed by atoms with Crippen LogP contribution in [0.3, 0.4) is 0 Å². The monoisotopic (exact) mass is 223 g/mol. The van der Waals surface area contributed by atoms with E-state index in [1.807, 2.05) is 4.90 Å². The number of carbonyl (C=O) groups excluding carboxylic acids is 2. The molecule has 2 unspecified atom stereocenters. The van der Waals surface area contributed by atoms with Gasteiger partial charge in [0.25, 0.3) is 0 Å². The molecule has 1 saturated heterocycles. The first-order chi connectivity index (χ1) is 7.37. The van der Waals surface area contributed by atoms with Gasteiger partial charge in [0.1, 0.15) is 0 Å². The summed E-state index contributed by atoms with van der Waals surface area (Å²) in [6.45, 7) is 7.12. The summed E-state index contributed by atoms with van der Waals surface area (Å²) in [4.78, 5) is 24.8. The standard InChI is InChI=1S/C13H21NO2/c1-9-4-10(7-13(2,3)6-9)14-8-11(15)5-12(14)16/h9-10H,4-8H2,1-3H3. The minimum Gasteiger partial charge on any atom is -0.332 e. The smallest absolute Gasteiger partial charge is 0.230 e. The van der Waals surface area contributed by atoms with Crippen LogP contribution in [0.5, 0.6) is 0 Å². The van der Waals surface area contributed by atoms with Crippen molar-refractivity contribution in [3.63, 3.8) is 0 Å². The van der Waals surface area contributed by atoms with Crippen molar-refractivity contribution in [3.8, 4) is 0 Å². The zero-order valence-electron chi connectivity index (χ0n) is 10.5. The predicted molar refractivity (Wildman–Crippen MR) is 61.9 cm³/mol. The van der Waals surface area contributed by atoms with Crippen molar-refractivity contribution in [1.29, 1.82) is 0 Å². The number of Topliss-reactive ketones (excluding diaryl/α,β-unsaturated/α-hetero) is 1. The third-order valence-electron chi connectivity index (χ3n) is 3.82. The maximum Gasteiger partial charge on any atom is 0.230 e. The Labute approximate surface area is 97.2 Å². The van der Waals surface area contributed by atoms with E-state index in [0.717, 1.165) is 12.8 Å². The van der Waals surface area contributed by atoms with E-state index in [4.69, 9.17) is 0 Å². The topological polar surface area (TPSA) is 37.4 Å². The lowest BCUT2D eigenvalue weighted by Gasteiger charge is -2.42. The Kier molecular flexibility index (Phi) is 2.81. The number of nitrogens with zero attached hydrogens (tertiary/aromatic N) is 1. The van der Waals surface area contributed by atoms with Gasteiger partial charge in [0, 0.05) is 6.04 Å². The van der Waals surface area contributed by atoms with Crippen LogP contribution in [0.2, 0.25) is 0 Å². The first-order valence-electron chi connectivity index (χ1n) is 6.18. The Morgan fingerprint density at radius 1 is 1.25 bits per heavy atom. The number of amides is 1. The van der Waals surface area contributed by atoms with E-state index in [0.29, 0.717) is 17.9 Å². The fourth-order valence-electron chi connectivity index (χ4n) is 3.47. The second kappa shape index (κ2) is 3.86. The molecule has 0 N–H and O–H groups in total. The highest BCUT2D eigenvalue weighted by Gasteiger charge is 2.39. The van der Waals surface area contributed by atoms with Crippen LogP contribution in [0.4, 0.5) is 0 Å². The number of ketones is 1. The van der Waals surface area contributed by atoms with Gasteiger partial charge >= 0.3 is 0 Å². The van der Waals surface area contributed by atoms with E-state index in [1.54, 1.807) is 0 Å². The summed E-state index contributed by atoms with van der Waals surface area (Å²) in [5.74, 6) is 0.776. The summed E-state index contributed by atoms with van der Waals surface area (Å²) in [7, 11) is 0. The normalized spacial score (nSPS) is 34.6. The Morgan fingerprint density at radius 3 is 2.44 bits per heavy atom. The fourth-order valence-corrected chi connectivity index (χ4v) is 3.47. The first kappa shape index (κ1) is 11.6. The molecule has 1 aliphatic carbocycles. The third-order valence-corrected chi connectivity index (χ3v) is 3.82. The van der Waals surface area contributed by atoms with E-state index in [-0.39, 0.29) is 24.2 Å². The number of likely N-dealkylation sites (tertiary alicyclic amines) is 1. The second-order valence-electron chi connectivity index (χ2n) is 6.30. The molecule has 0 aromatic rings. The highest BCUT2D eigenvalue weighted by Crippen LogP contribution is 2.41. The van der Waals surface area contributed by atoms with Crippen LogP contribution in [-0.2, 0) is 9.59 Å². The van der Waals surface area contributed by atoms with Gasteiger partial charge in [-0.1, -0.05) is 20.8 Å². The van der Waals surface area contributed by atoms with Crippen molar-refractivity contribution in [2.24, 2.45) is 11.3 Å². The summed E-state index contributed by atoms with van der Waals surface area (Å²) in [5, 5.41) is 0. The molecular formula is C13H21NO2. The molecule has 3 nitrogen and oxygen atoms in total. The molecule has 1 aliphatic heterocycles. The van der Waals surface area contributed by atoms with E-state index in [1.165, 1.54) is 6.42 Å². The molecule has 2 aliphatic rings. The van der Waals surface area contributed by atoms with Crippen LogP contribution >= 0.6 is 0 Å². The van der Waals surface area contributed by atoms with E-state index < -0.39 is 0 Å². The highest BCUT2D eigenvalue weighted by atomic mass is 16.2. The van der Waals surface area contributed by atoms with E-state index >= 15 is 0 Å². The predicted octanol–water partition coefficient (Wildman–Crippen LogP) is 2.00. The quantitative estimate of drug-likeness (QED) is 0.638. The zero-order valence-corrected chi connectivity index (χ0v) is 10.5. The Balaban J connectivity index is 2.09. The maximum absolute atomic E-state index is 11.7. The van der Waals surface area contributed by atoms with Crippen molar-refractivity contribution in [1.82, 2.24) is 4.90 Å². The van der Waals surface area contributed by atoms with Gasteiger partial charge in [0.2, 0.25) is 5.91 Å². The van der Waals surface area contributed by atoms with Crippen LogP contribution in [-0.4, -0.2) is 29.2 Å². The van der Waals surface area contributed by atoms with Crippen molar-refractivity contribution >= 4 is 11.7 Å². The van der Waals surface area contributed by atoms with Crippen LogP contribution in [0.1, 0.15) is 46.5 Å². The van der Waals surface area contributed by atoms with Gasteiger partial charge in [-0.2, -0.15) is 0 Å². The van der Waals surface area contributed by atoms with Crippen molar-refractivity contribution in [2.45, 2.75) is 52.5 Å². The van der Waals surface area contributed by atoms with Gasteiger partial charge in [-0.25, -0.2) is 0 Å². The average Bonchev–Trinajstić information content (AvgIpc) is 2.41. The van der Waals surface area contributed by atoms with Crippen molar-refractivity contribution in [2.75, 3.05) is 6.54 Å². The number of rotatable bonds is 1. The molecule has 0 aromatic carbocycles. The van der Waals surface area contributed by atoms with Gasteiger partial charge in [-0.15, -0.1) is 0 Å². The van der Waals surface area contributed by atoms with E-state index in [2.05, 4.69) is 20.8 Å². The second-order valence-corrected chi connectivity index (χ2v) is 6.30. The van der Waals surface area contributed by atoms with Gasteiger partial charge in [0.15, 0.2) is 5.78 Å². The number of carbonyl (C=O) groups is 2. The summed E-state index contributed by atoms with van der Waals surface area (Å²) in [6, 6.07) is 0.290. The molecule has 2 fully saturated rings. The third kappa shape index (κ3) is 2.28. The molecule has 1 heterocycles. The van der Waals surface area contributed by atoms with Crippen LogP contribution in [0, 0.1) is 11.3 Å². The molecule has 0 spiro atoms. The SMILES string of the molecule is CC1CC(N2CC(=O)CC2=O)CC(C)(C)C1. The lowest BCUT2D eigenvalue weighted by Crippen LogP contribution is -2.44. The number of hydrogen-bond acceptors (Lipinski definition) is 2. The maximum atomic E-state index is 11.7. The Morgan fingerprint density at radius 2 is 1.94 bits per heavy atom. The van der Waals surface area contributed by atoms with E-state index in [9.17, 15) is 9.59 Å².